The van der Waals surface area contributed by atoms with Crippen LogP contribution < -0.4 is 5.32 Å². The first-order valence-electron chi connectivity index (χ1n) is 6.51. The minimum absolute atomic E-state index is 0.333. The van der Waals surface area contributed by atoms with Crippen molar-refractivity contribution >= 4 is 11.6 Å². The summed E-state index contributed by atoms with van der Waals surface area (Å²) in [6, 6.07) is 8.36. The molecule has 0 amide bonds. The van der Waals surface area contributed by atoms with Crippen molar-refractivity contribution in [3.63, 3.8) is 0 Å². The molecule has 1 saturated carbocycles. The van der Waals surface area contributed by atoms with Crippen LogP contribution in [0.2, 0.25) is 5.02 Å². The van der Waals surface area contributed by atoms with Gasteiger partial charge in [0.15, 0.2) is 0 Å². The van der Waals surface area contributed by atoms with Gasteiger partial charge in [0.05, 0.1) is 0 Å². The van der Waals surface area contributed by atoms with Crippen LogP contribution in [0.15, 0.2) is 24.3 Å². The Labute approximate surface area is 110 Å². The van der Waals surface area contributed by atoms with Crippen LogP contribution in [0.3, 0.4) is 0 Å². The van der Waals surface area contributed by atoms with Crippen LogP contribution in [0, 0.1) is 11.8 Å². The molecule has 2 rings (SSSR count). The normalized spacial score (nSPS) is 27.5. The third-order valence-electron chi connectivity index (χ3n) is 3.85. The Balaban J connectivity index is 2.05. The van der Waals surface area contributed by atoms with Crippen molar-refractivity contribution in [2.45, 2.75) is 32.6 Å². The lowest BCUT2D eigenvalue weighted by molar-refractivity contribution is 0.493. The van der Waals surface area contributed by atoms with Gasteiger partial charge in [0.2, 0.25) is 0 Å². The van der Waals surface area contributed by atoms with Crippen molar-refractivity contribution < 1.29 is 0 Å². The summed E-state index contributed by atoms with van der Waals surface area (Å²) < 4.78 is 0. The molecule has 1 aliphatic rings. The second kappa shape index (κ2) is 4.99. The molecule has 1 N–H and O–H groups in total. The Morgan fingerprint density at radius 3 is 2.71 bits per heavy atom. The highest BCUT2D eigenvalue weighted by Gasteiger charge is 2.51. The highest BCUT2D eigenvalue weighted by molar-refractivity contribution is 6.30. The smallest absolute Gasteiger partial charge is 0.0408 e. The largest absolute Gasteiger partial charge is 0.316 e. The number of halogens is 1. The maximum absolute atomic E-state index is 6.09. The third-order valence-corrected chi connectivity index (χ3v) is 4.08. The zero-order valence-corrected chi connectivity index (χ0v) is 11.7. The van der Waals surface area contributed by atoms with E-state index in [0.717, 1.165) is 24.0 Å². The molecular weight excluding hydrogens is 230 g/mol. The first kappa shape index (κ1) is 12.9. The van der Waals surface area contributed by atoms with Crippen molar-refractivity contribution in [3.05, 3.63) is 34.9 Å². The maximum Gasteiger partial charge on any atom is 0.0408 e. The first-order valence-corrected chi connectivity index (χ1v) is 6.89. The summed E-state index contributed by atoms with van der Waals surface area (Å²) >= 11 is 6.09. The van der Waals surface area contributed by atoms with Gasteiger partial charge < -0.3 is 5.32 Å². The Bertz CT molecular complexity index is 388. The molecule has 17 heavy (non-hydrogen) atoms. The van der Waals surface area contributed by atoms with E-state index < -0.39 is 0 Å². The maximum atomic E-state index is 6.09. The molecule has 0 aliphatic heterocycles. The van der Waals surface area contributed by atoms with E-state index in [1.807, 2.05) is 6.07 Å². The molecule has 2 unspecified atom stereocenters. The van der Waals surface area contributed by atoms with E-state index in [1.165, 1.54) is 12.0 Å². The Kier molecular flexibility index (Phi) is 3.79. The van der Waals surface area contributed by atoms with Crippen LogP contribution in [-0.4, -0.2) is 13.1 Å². The molecular formula is C15H22ClN. The third kappa shape index (κ3) is 2.83. The molecule has 1 fully saturated rings. The van der Waals surface area contributed by atoms with E-state index in [4.69, 9.17) is 11.6 Å². The topological polar surface area (TPSA) is 12.0 Å². The second-order valence-corrected chi connectivity index (χ2v) is 6.23. The van der Waals surface area contributed by atoms with E-state index in [9.17, 15) is 0 Å². The fourth-order valence-electron chi connectivity index (χ4n) is 2.62. The molecule has 0 aromatic heterocycles. The molecule has 2 atom stereocenters. The Morgan fingerprint density at radius 1 is 1.47 bits per heavy atom. The Hall–Kier alpha value is -0.530. The summed E-state index contributed by atoms with van der Waals surface area (Å²) in [5, 5.41) is 4.44. The zero-order chi connectivity index (χ0) is 12.5. The molecule has 0 bridgehead atoms. The van der Waals surface area contributed by atoms with E-state index in [1.54, 1.807) is 0 Å². The second-order valence-electron chi connectivity index (χ2n) is 5.80. The quantitative estimate of drug-likeness (QED) is 0.838. The highest BCUT2D eigenvalue weighted by atomic mass is 35.5. The standard InChI is InChI=1S/C15H22ClN/c1-11(2)9-17-10-15(8-12(15)3)13-5-4-6-14(16)7-13/h4-7,11-12,17H,8-10H2,1-3H3. The van der Waals surface area contributed by atoms with Gasteiger partial charge in [-0.2, -0.15) is 0 Å². The average Bonchev–Trinajstić information content (AvgIpc) is 2.90. The zero-order valence-electron chi connectivity index (χ0n) is 11.0. The van der Waals surface area contributed by atoms with E-state index >= 15 is 0 Å². The van der Waals surface area contributed by atoms with Crippen LogP contribution in [0.25, 0.3) is 0 Å². The minimum Gasteiger partial charge on any atom is -0.316 e. The molecule has 2 heteroatoms. The number of rotatable bonds is 5. The lowest BCUT2D eigenvalue weighted by Crippen LogP contribution is -2.30. The molecule has 0 saturated heterocycles. The molecule has 1 nitrogen and oxygen atoms in total. The fraction of sp³-hybridized carbons (Fsp3) is 0.600. The highest BCUT2D eigenvalue weighted by Crippen LogP contribution is 2.53. The van der Waals surface area contributed by atoms with E-state index in [2.05, 4.69) is 44.3 Å². The van der Waals surface area contributed by atoms with Gasteiger partial charge in [0.25, 0.3) is 0 Å². The average molecular weight is 252 g/mol. The van der Waals surface area contributed by atoms with Crippen molar-refractivity contribution in [1.29, 1.82) is 0 Å². The van der Waals surface area contributed by atoms with Crippen molar-refractivity contribution in [3.8, 4) is 0 Å². The van der Waals surface area contributed by atoms with Gasteiger partial charge >= 0.3 is 0 Å². The minimum atomic E-state index is 0.333. The summed E-state index contributed by atoms with van der Waals surface area (Å²) in [6.45, 7) is 8.99. The van der Waals surface area contributed by atoms with Crippen LogP contribution in [0.1, 0.15) is 32.8 Å². The number of nitrogens with one attached hydrogen (secondary N) is 1. The van der Waals surface area contributed by atoms with E-state index in [0.29, 0.717) is 11.3 Å². The van der Waals surface area contributed by atoms with Gasteiger partial charge in [-0.1, -0.05) is 44.5 Å². The van der Waals surface area contributed by atoms with Gasteiger partial charge in [-0.05, 0) is 42.5 Å². The predicted molar refractivity (Wildman–Crippen MR) is 74.6 cm³/mol. The first-order chi connectivity index (χ1) is 8.04. The summed E-state index contributed by atoms with van der Waals surface area (Å²) in [4.78, 5) is 0. The van der Waals surface area contributed by atoms with E-state index in [-0.39, 0.29) is 0 Å². The fourth-order valence-corrected chi connectivity index (χ4v) is 2.81. The molecule has 1 aromatic rings. The lowest BCUT2D eigenvalue weighted by atomic mass is 9.93. The van der Waals surface area contributed by atoms with Crippen LogP contribution >= 0.6 is 11.6 Å². The predicted octanol–water partition coefficient (Wildman–Crippen LogP) is 3.86. The van der Waals surface area contributed by atoms with Gasteiger partial charge in [0, 0.05) is 17.0 Å². The Morgan fingerprint density at radius 2 is 2.18 bits per heavy atom. The monoisotopic (exact) mass is 251 g/mol. The number of hydrogen-bond donors (Lipinski definition) is 1. The SMILES string of the molecule is CC(C)CNCC1(c2cccc(Cl)c2)CC1C. The molecule has 0 spiro atoms. The van der Waals surface area contributed by atoms with Gasteiger partial charge in [-0.25, -0.2) is 0 Å². The molecule has 94 valence electrons. The van der Waals surface area contributed by atoms with Gasteiger partial charge in [-0.3, -0.25) is 0 Å². The van der Waals surface area contributed by atoms with Crippen molar-refractivity contribution in [2.24, 2.45) is 11.8 Å². The van der Waals surface area contributed by atoms with Crippen molar-refractivity contribution in [1.82, 2.24) is 5.32 Å². The van der Waals surface area contributed by atoms with Crippen LogP contribution in [-0.2, 0) is 5.41 Å². The number of hydrogen-bond acceptors (Lipinski definition) is 1. The molecule has 1 aromatic carbocycles. The summed E-state index contributed by atoms with van der Waals surface area (Å²) in [6.07, 6.45) is 1.28. The molecule has 0 heterocycles. The summed E-state index contributed by atoms with van der Waals surface area (Å²) in [7, 11) is 0. The van der Waals surface area contributed by atoms with Gasteiger partial charge in [0.1, 0.15) is 0 Å². The summed E-state index contributed by atoms with van der Waals surface area (Å²) in [5.41, 5.74) is 1.73. The van der Waals surface area contributed by atoms with Crippen LogP contribution in [0.5, 0.6) is 0 Å². The number of benzene rings is 1. The lowest BCUT2D eigenvalue weighted by Gasteiger charge is -2.19. The molecule has 1 aliphatic carbocycles. The van der Waals surface area contributed by atoms with Crippen molar-refractivity contribution in [2.75, 3.05) is 13.1 Å². The van der Waals surface area contributed by atoms with Gasteiger partial charge in [-0.15, -0.1) is 0 Å². The summed E-state index contributed by atoms with van der Waals surface area (Å²) in [5.74, 6) is 1.47. The van der Waals surface area contributed by atoms with Crippen LogP contribution in [0.4, 0.5) is 0 Å². The molecule has 0 radical (unpaired) electrons.